The average molecular weight is 355 g/mol. The van der Waals surface area contributed by atoms with Crippen molar-refractivity contribution in [3.8, 4) is 0 Å². The molecule has 0 aliphatic carbocycles. The second-order valence-corrected chi connectivity index (χ2v) is 3.25. The fraction of sp³-hybridized carbons (Fsp3) is 1.00. The van der Waals surface area contributed by atoms with Crippen LogP contribution in [0.25, 0.3) is 0 Å². The summed E-state index contributed by atoms with van der Waals surface area (Å²) in [6.07, 6.45) is 8.40. The Morgan fingerprint density at radius 3 is 1.73 bits per heavy atom. The maximum Gasteiger partial charge on any atom is 0.00313 e. The molecule has 0 amide bonds. The molecule has 3 heteroatoms. The van der Waals surface area contributed by atoms with E-state index < -0.39 is 0 Å². The molecule has 0 saturated heterocycles. The van der Waals surface area contributed by atoms with E-state index in [1.54, 1.807) is 0 Å². The second-order valence-electron chi connectivity index (χ2n) is 2.46. The minimum absolute atomic E-state index is 0. The molecule has 0 nitrogen and oxygen atoms in total. The van der Waals surface area contributed by atoms with E-state index in [9.17, 15) is 0 Å². The van der Waals surface area contributed by atoms with Crippen LogP contribution in [-0.2, 0) is 0 Å². The van der Waals surface area contributed by atoms with Gasteiger partial charge in [-0.2, -0.15) is 0 Å². The van der Waals surface area contributed by atoms with Crippen LogP contribution in [0.4, 0.5) is 0 Å². The summed E-state index contributed by atoms with van der Waals surface area (Å²) in [5, 5.41) is 1.18. The second kappa shape index (κ2) is 17.5. The Hall–Kier alpha value is 1.44. The van der Waals surface area contributed by atoms with Crippen LogP contribution in [0.1, 0.15) is 45.4 Å². The largest absolute Gasteiger partial charge is 0.114 e. The molecule has 0 radical (unpaired) electrons. The van der Waals surface area contributed by atoms with Crippen molar-refractivity contribution in [1.82, 2.24) is 0 Å². The molecule has 0 aromatic heterocycles. The van der Waals surface area contributed by atoms with Crippen molar-refractivity contribution in [3.63, 3.8) is 0 Å². The minimum atomic E-state index is 0. The first-order valence-corrected chi connectivity index (χ1v) is 5.10. The lowest BCUT2D eigenvalue weighted by molar-refractivity contribution is 0.628. The van der Waals surface area contributed by atoms with Crippen LogP contribution in [0.15, 0.2) is 0 Å². The first-order valence-electron chi connectivity index (χ1n) is 3.97. The summed E-state index contributed by atoms with van der Waals surface area (Å²) in [4.78, 5) is 0. The van der Waals surface area contributed by atoms with Crippen molar-refractivity contribution < 1.29 is 0 Å². The first kappa shape index (κ1) is 18.3. The highest BCUT2D eigenvalue weighted by molar-refractivity contribution is 9.09. The predicted molar refractivity (Wildman–Crippen MR) is 67.8 cm³/mol. The fourth-order valence-corrected chi connectivity index (χ4v) is 1.27. The maximum absolute atomic E-state index is 3.42. The topological polar surface area (TPSA) is 0 Å². The molecule has 0 aromatic rings. The van der Waals surface area contributed by atoms with Crippen LogP contribution in [0.5, 0.6) is 0 Å². The highest BCUT2D eigenvalue weighted by atomic mass is 79.9. The van der Waals surface area contributed by atoms with Gasteiger partial charge >= 0.3 is 0 Å². The SMILES string of the molecule is Br.Br.CCCCCCCCBr. The Bertz CT molecular complexity index is 42.6. The number of rotatable bonds is 6. The van der Waals surface area contributed by atoms with Gasteiger partial charge in [0.15, 0.2) is 0 Å². The quantitative estimate of drug-likeness (QED) is 0.470. The molecule has 0 saturated carbocycles. The van der Waals surface area contributed by atoms with Crippen LogP contribution >= 0.6 is 49.9 Å². The van der Waals surface area contributed by atoms with E-state index in [0.717, 1.165) is 0 Å². The van der Waals surface area contributed by atoms with Crippen molar-refractivity contribution >= 4 is 49.9 Å². The van der Waals surface area contributed by atoms with Gasteiger partial charge in [0.2, 0.25) is 0 Å². The van der Waals surface area contributed by atoms with Gasteiger partial charge in [-0.25, -0.2) is 0 Å². The van der Waals surface area contributed by atoms with E-state index in [-0.39, 0.29) is 34.0 Å². The molecule has 0 heterocycles. The molecule has 72 valence electrons. The van der Waals surface area contributed by atoms with E-state index >= 15 is 0 Å². The highest BCUT2D eigenvalue weighted by Gasteiger charge is 1.86. The molecule has 0 N–H and O–H groups in total. The Kier molecular flexibility index (Phi) is 29.1. The van der Waals surface area contributed by atoms with Gasteiger partial charge < -0.3 is 0 Å². The normalized spacial score (nSPS) is 8.18. The Morgan fingerprint density at radius 2 is 1.27 bits per heavy atom. The van der Waals surface area contributed by atoms with Gasteiger partial charge in [0, 0.05) is 5.33 Å². The molecule has 0 aromatic carbocycles. The van der Waals surface area contributed by atoms with E-state index in [1.165, 1.54) is 43.9 Å². The highest BCUT2D eigenvalue weighted by Crippen LogP contribution is 2.05. The molecule has 0 aliphatic heterocycles. The zero-order chi connectivity index (χ0) is 6.95. The molecule has 0 unspecified atom stereocenters. The number of unbranched alkanes of at least 4 members (excludes halogenated alkanes) is 5. The fourth-order valence-electron chi connectivity index (χ4n) is 0.875. The monoisotopic (exact) mass is 352 g/mol. The van der Waals surface area contributed by atoms with Crippen molar-refractivity contribution in [2.24, 2.45) is 0 Å². The first-order chi connectivity index (χ1) is 4.41. The molecule has 0 rings (SSSR count). The molecule has 0 aliphatic rings. The van der Waals surface area contributed by atoms with Gasteiger partial charge in [-0.3, -0.25) is 0 Å². The summed E-state index contributed by atoms with van der Waals surface area (Å²) in [6, 6.07) is 0. The third-order valence-electron chi connectivity index (χ3n) is 1.49. The summed E-state index contributed by atoms with van der Waals surface area (Å²) in [6.45, 7) is 2.25. The van der Waals surface area contributed by atoms with E-state index in [1.807, 2.05) is 0 Å². The predicted octanol–water partition coefficient (Wildman–Crippen LogP) is 4.90. The van der Waals surface area contributed by atoms with Gasteiger partial charge in [0.25, 0.3) is 0 Å². The molecule has 0 bridgehead atoms. The van der Waals surface area contributed by atoms with Gasteiger partial charge in [0.05, 0.1) is 0 Å². The van der Waals surface area contributed by atoms with Crippen LogP contribution in [-0.4, -0.2) is 5.33 Å². The van der Waals surface area contributed by atoms with Crippen LogP contribution < -0.4 is 0 Å². The summed E-state index contributed by atoms with van der Waals surface area (Å²) in [7, 11) is 0. The number of alkyl halides is 1. The van der Waals surface area contributed by atoms with Crippen LogP contribution in [0.3, 0.4) is 0 Å². The molecular formula is C8H19Br3. The third kappa shape index (κ3) is 18.4. The minimum Gasteiger partial charge on any atom is -0.114 e. The molecule has 0 fully saturated rings. The Balaban J connectivity index is -0.000000320. The lowest BCUT2D eigenvalue weighted by Crippen LogP contribution is -1.78. The number of hydrogen-bond acceptors (Lipinski definition) is 0. The van der Waals surface area contributed by atoms with Gasteiger partial charge in [0.1, 0.15) is 0 Å². The summed E-state index contributed by atoms with van der Waals surface area (Å²) < 4.78 is 0. The summed E-state index contributed by atoms with van der Waals surface area (Å²) in [5.74, 6) is 0. The smallest absolute Gasteiger partial charge is 0.00313 e. The molecule has 0 atom stereocenters. The molecule has 11 heavy (non-hydrogen) atoms. The van der Waals surface area contributed by atoms with Crippen LogP contribution in [0.2, 0.25) is 0 Å². The average Bonchev–Trinajstić information content (AvgIpc) is 1.89. The van der Waals surface area contributed by atoms with Gasteiger partial charge in [-0.1, -0.05) is 55.0 Å². The van der Waals surface area contributed by atoms with E-state index in [4.69, 9.17) is 0 Å². The Labute approximate surface area is 100 Å². The summed E-state index contributed by atoms with van der Waals surface area (Å²) in [5.41, 5.74) is 0. The lowest BCUT2D eigenvalue weighted by atomic mass is 10.1. The van der Waals surface area contributed by atoms with Crippen molar-refractivity contribution in [2.75, 3.05) is 5.33 Å². The summed E-state index contributed by atoms with van der Waals surface area (Å²) >= 11 is 3.42. The van der Waals surface area contributed by atoms with Crippen LogP contribution in [0, 0.1) is 0 Å². The lowest BCUT2D eigenvalue weighted by Gasteiger charge is -1.95. The molecular weight excluding hydrogens is 336 g/mol. The molecule has 0 spiro atoms. The third-order valence-corrected chi connectivity index (χ3v) is 2.05. The zero-order valence-electron chi connectivity index (χ0n) is 7.14. The van der Waals surface area contributed by atoms with Crippen molar-refractivity contribution in [3.05, 3.63) is 0 Å². The van der Waals surface area contributed by atoms with Gasteiger partial charge in [-0.15, -0.1) is 34.0 Å². The number of hydrogen-bond donors (Lipinski definition) is 0. The standard InChI is InChI=1S/C8H17Br.2BrH/c1-2-3-4-5-6-7-8-9;;/h2-8H2,1H3;2*1H. The zero-order valence-corrected chi connectivity index (χ0v) is 12.2. The number of halogens is 3. The van der Waals surface area contributed by atoms with E-state index in [0.29, 0.717) is 0 Å². The van der Waals surface area contributed by atoms with Gasteiger partial charge in [-0.05, 0) is 6.42 Å². The van der Waals surface area contributed by atoms with E-state index in [2.05, 4.69) is 22.9 Å². The van der Waals surface area contributed by atoms with Crippen molar-refractivity contribution in [1.29, 1.82) is 0 Å². The Morgan fingerprint density at radius 1 is 0.818 bits per heavy atom. The maximum atomic E-state index is 3.42. The van der Waals surface area contributed by atoms with Crippen molar-refractivity contribution in [2.45, 2.75) is 45.4 Å².